The van der Waals surface area contributed by atoms with Crippen molar-refractivity contribution >= 4 is 5.78 Å². The fourth-order valence-corrected chi connectivity index (χ4v) is 2.05. The quantitative estimate of drug-likeness (QED) is 0.768. The van der Waals surface area contributed by atoms with Crippen LogP contribution in [0.4, 0.5) is 13.2 Å². The first-order chi connectivity index (χ1) is 8.77. The molecule has 1 heterocycles. The SMILES string of the molecule is CCc1nn(C(C)CC)c(CC)c1C(=O)C(F)(F)F. The number of alkyl halides is 3. The Morgan fingerprint density at radius 1 is 1.26 bits per heavy atom. The summed E-state index contributed by atoms with van der Waals surface area (Å²) >= 11 is 0. The highest BCUT2D eigenvalue weighted by atomic mass is 19.4. The molecule has 1 aromatic rings. The van der Waals surface area contributed by atoms with E-state index in [1.165, 1.54) is 0 Å². The predicted molar refractivity (Wildman–Crippen MR) is 66.4 cm³/mol. The zero-order valence-corrected chi connectivity index (χ0v) is 11.6. The molecule has 0 saturated carbocycles. The van der Waals surface area contributed by atoms with Crippen LogP contribution in [0.1, 0.15) is 61.9 Å². The van der Waals surface area contributed by atoms with Gasteiger partial charge in [0.2, 0.25) is 0 Å². The summed E-state index contributed by atoms with van der Waals surface area (Å²) in [4.78, 5) is 11.6. The Kier molecular flexibility index (Phi) is 4.76. The number of halogens is 3. The van der Waals surface area contributed by atoms with Gasteiger partial charge in [-0.25, -0.2) is 0 Å². The van der Waals surface area contributed by atoms with Crippen LogP contribution >= 0.6 is 0 Å². The number of aromatic nitrogens is 2. The summed E-state index contributed by atoms with van der Waals surface area (Å²) in [6.45, 7) is 7.26. The van der Waals surface area contributed by atoms with Crippen LogP contribution in [0.5, 0.6) is 0 Å². The standard InChI is InChI=1S/C13H19F3N2O/c1-5-8(4)18-10(7-3)11(9(6-2)17-18)12(19)13(14,15)16/h8H,5-7H2,1-4H3. The molecule has 1 rings (SSSR count). The van der Waals surface area contributed by atoms with Crippen molar-refractivity contribution in [3.05, 3.63) is 17.0 Å². The Hall–Kier alpha value is -1.33. The first-order valence-corrected chi connectivity index (χ1v) is 6.49. The molecule has 0 radical (unpaired) electrons. The van der Waals surface area contributed by atoms with Gasteiger partial charge in [0, 0.05) is 11.7 Å². The molecule has 1 atom stereocenters. The smallest absolute Gasteiger partial charge is 0.284 e. The second kappa shape index (κ2) is 5.75. The molecule has 0 saturated heterocycles. The van der Waals surface area contributed by atoms with E-state index in [2.05, 4.69) is 5.10 Å². The average Bonchev–Trinajstić information content (AvgIpc) is 2.73. The predicted octanol–water partition coefficient (Wildman–Crippen LogP) is 3.72. The molecular formula is C13H19F3N2O. The fourth-order valence-electron chi connectivity index (χ4n) is 2.05. The van der Waals surface area contributed by atoms with E-state index in [9.17, 15) is 18.0 Å². The van der Waals surface area contributed by atoms with Gasteiger partial charge in [0.15, 0.2) is 0 Å². The maximum atomic E-state index is 12.7. The summed E-state index contributed by atoms with van der Waals surface area (Å²) in [5.41, 5.74) is 0.366. The van der Waals surface area contributed by atoms with Crippen LogP contribution in [-0.2, 0) is 12.8 Å². The van der Waals surface area contributed by atoms with Crippen molar-refractivity contribution in [2.24, 2.45) is 0 Å². The van der Waals surface area contributed by atoms with Crippen molar-refractivity contribution < 1.29 is 18.0 Å². The summed E-state index contributed by atoms with van der Waals surface area (Å²) in [6.07, 6.45) is -3.43. The first kappa shape index (κ1) is 15.7. The number of rotatable bonds is 5. The van der Waals surface area contributed by atoms with Crippen LogP contribution in [0.2, 0.25) is 0 Å². The van der Waals surface area contributed by atoms with Crippen LogP contribution in [0.25, 0.3) is 0 Å². The second-order valence-corrected chi connectivity index (χ2v) is 4.50. The minimum atomic E-state index is -4.85. The van der Waals surface area contributed by atoms with Gasteiger partial charge < -0.3 is 0 Å². The highest BCUT2D eigenvalue weighted by Crippen LogP contribution is 2.28. The third-order valence-electron chi connectivity index (χ3n) is 3.24. The molecule has 3 nitrogen and oxygen atoms in total. The molecule has 19 heavy (non-hydrogen) atoms. The van der Waals surface area contributed by atoms with Crippen molar-refractivity contribution in [2.45, 2.75) is 59.2 Å². The monoisotopic (exact) mass is 276 g/mol. The van der Waals surface area contributed by atoms with Crippen LogP contribution in [0.3, 0.4) is 0 Å². The third kappa shape index (κ3) is 2.98. The Morgan fingerprint density at radius 3 is 2.21 bits per heavy atom. The van der Waals surface area contributed by atoms with Crippen LogP contribution in [-0.4, -0.2) is 21.7 Å². The van der Waals surface area contributed by atoms with Crippen molar-refractivity contribution in [2.75, 3.05) is 0 Å². The molecule has 0 aliphatic carbocycles. The molecule has 0 amide bonds. The second-order valence-electron chi connectivity index (χ2n) is 4.50. The number of aryl methyl sites for hydroxylation is 1. The lowest BCUT2D eigenvalue weighted by Crippen LogP contribution is -2.25. The fraction of sp³-hybridized carbons (Fsp3) is 0.692. The van der Waals surface area contributed by atoms with Crippen molar-refractivity contribution in [3.8, 4) is 0 Å². The summed E-state index contributed by atoms with van der Waals surface area (Å²) in [5.74, 6) is -1.78. The van der Waals surface area contributed by atoms with Gasteiger partial charge in [-0.1, -0.05) is 20.8 Å². The van der Waals surface area contributed by atoms with Crippen LogP contribution in [0.15, 0.2) is 0 Å². The molecule has 6 heteroatoms. The summed E-state index contributed by atoms with van der Waals surface area (Å²) in [6, 6.07) is -0.0185. The number of carbonyl (C=O) groups is 1. The van der Waals surface area contributed by atoms with Gasteiger partial charge in [-0.2, -0.15) is 18.3 Å². The van der Waals surface area contributed by atoms with E-state index in [-0.39, 0.29) is 17.3 Å². The lowest BCUT2D eigenvalue weighted by Gasteiger charge is -2.13. The normalized spacial score (nSPS) is 13.6. The van der Waals surface area contributed by atoms with E-state index in [0.717, 1.165) is 6.42 Å². The molecule has 1 aromatic heterocycles. The minimum Gasteiger partial charge on any atom is -0.284 e. The zero-order chi connectivity index (χ0) is 14.8. The molecule has 0 bridgehead atoms. The van der Waals surface area contributed by atoms with Crippen molar-refractivity contribution in [3.63, 3.8) is 0 Å². The number of carbonyl (C=O) groups excluding carboxylic acids is 1. The van der Waals surface area contributed by atoms with E-state index in [4.69, 9.17) is 0 Å². The zero-order valence-electron chi connectivity index (χ0n) is 11.6. The molecule has 0 N–H and O–H groups in total. The largest absolute Gasteiger partial charge is 0.455 e. The summed E-state index contributed by atoms with van der Waals surface area (Å²) in [7, 11) is 0. The van der Waals surface area contributed by atoms with E-state index < -0.39 is 12.0 Å². The van der Waals surface area contributed by atoms with E-state index in [1.54, 1.807) is 18.5 Å². The number of nitrogens with zero attached hydrogens (tertiary/aromatic N) is 2. The van der Waals surface area contributed by atoms with Gasteiger partial charge in [-0.15, -0.1) is 0 Å². The van der Waals surface area contributed by atoms with Gasteiger partial charge in [0.1, 0.15) is 0 Å². The first-order valence-electron chi connectivity index (χ1n) is 6.49. The minimum absolute atomic E-state index is 0.0185. The molecule has 0 aliphatic heterocycles. The van der Waals surface area contributed by atoms with E-state index in [1.807, 2.05) is 13.8 Å². The molecular weight excluding hydrogens is 257 g/mol. The highest BCUT2D eigenvalue weighted by molar-refractivity contribution is 6.02. The van der Waals surface area contributed by atoms with Crippen molar-refractivity contribution in [1.82, 2.24) is 9.78 Å². The molecule has 0 spiro atoms. The molecule has 108 valence electrons. The Morgan fingerprint density at radius 2 is 1.84 bits per heavy atom. The number of ketones is 1. The van der Waals surface area contributed by atoms with Gasteiger partial charge in [-0.3, -0.25) is 9.48 Å². The molecule has 0 aliphatic rings. The van der Waals surface area contributed by atoms with Gasteiger partial charge in [0.25, 0.3) is 5.78 Å². The topological polar surface area (TPSA) is 34.9 Å². The Bertz CT molecular complexity index is 463. The maximum absolute atomic E-state index is 12.7. The number of hydrogen-bond acceptors (Lipinski definition) is 2. The summed E-state index contributed by atoms with van der Waals surface area (Å²) < 4.78 is 39.6. The third-order valence-corrected chi connectivity index (χ3v) is 3.24. The Balaban J connectivity index is 3.45. The van der Waals surface area contributed by atoms with Crippen molar-refractivity contribution in [1.29, 1.82) is 0 Å². The summed E-state index contributed by atoms with van der Waals surface area (Å²) in [5, 5.41) is 4.20. The lowest BCUT2D eigenvalue weighted by molar-refractivity contribution is -0.0886. The van der Waals surface area contributed by atoms with E-state index in [0.29, 0.717) is 18.5 Å². The highest BCUT2D eigenvalue weighted by Gasteiger charge is 2.43. The molecule has 0 fully saturated rings. The lowest BCUT2D eigenvalue weighted by atomic mass is 10.0. The Labute approximate surface area is 110 Å². The average molecular weight is 276 g/mol. The maximum Gasteiger partial charge on any atom is 0.455 e. The van der Waals surface area contributed by atoms with Crippen LogP contribution < -0.4 is 0 Å². The van der Waals surface area contributed by atoms with E-state index >= 15 is 0 Å². The van der Waals surface area contributed by atoms with Gasteiger partial charge >= 0.3 is 6.18 Å². The van der Waals surface area contributed by atoms with Crippen LogP contribution in [0, 0.1) is 0 Å². The number of Topliss-reactive ketones (excluding diaryl/α,β-unsaturated/α-hetero) is 1. The van der Waals surface area contributed by atoms with Gasteiger partial charge in [-0.05, 0) is 26.2 Å². The van der Waals surface area contributed by atoms with Gasteiger partial charge in [0.05, 0.1) is 11.3 Å². The number of hydrogen-bond donors (Lipinski definition) is 0. The molecule has 0 aromatic carbocycles. The molecule has 1 unspecified atom stereocenters.